The van der Waals surface area contributed by atoms with E-state index < -0.39 is 18.3 Å². The number of para-hydroxylation sites is 3. The lowest BCUT2D eigenvalue weighted by Gasteiger charge is -2.51. The van der Waals surface area contributed by atoms with Crippen molar-refractivity contribution in [3.63, 3.8) is 0 Å². The zero-order valence-corrected chi connectivity index (χ0v) is 42.1. The zero-order chi connectivity index (χ0) is 49.4. The fourth-order valence-electron chi connectivity index (χ4n) is 13.8. The van der Waals surface area contributed by atoms with E-state index in [9.17, 15) is 0 Å². The van der Waals surface area contributed by atoms with Crippen molar-refractivity contribution in [2.24, 2.45) is 35.5 Å². The van der Waals surface area contributed by atoms with E-state index in [-0.39, 0.29) is 24.1 Å². The van der Waals surface area contributed by atoms with E-state index >= 15 is 0 Å². The molecule has 7 aliphatic rings. The van der Waals surface area contributed by atoms with E-state index in [0.29, 0.717) is 47.3 Å². The Balaban J connectivity index is 1.01. The molecule has 6 unspecified atom stereocenters. The van der Waals surface area contributed by atoms with Crippen molar-refractivity contribution in [2.45, 2.75) is 88.3 Å². The zero-order valence-electron chi connectivity index (χ0n) is 42.1. The minimum Gasteiger partial charge on any atom is -0.467 e. The van der Waals surface area contributed by atoms with Gasteiger partial charge in [0.1, 0.15) is 18.3 Å². The van der Waals surface area contributed by atoms with Gasteiger partial charge in [0, 0.05) is 70.6 Å². The third-order valence-corrected chi connectivity index (χ3v) is 17.6. The largest absolute Gasteiger partial charge is 0.467 e. The molecule has 3 aromatic carbocycles. The fourth-order valence-corrected chi connectivity index (χ4v) is 13.8. The van der Waals surface area contributed by atoms with Gasteiger partial charge in [-0.3, -0.25) is 24.8 Å². The van der Waals surface area contributed by atoms with Crippen molar-refractivity contribution >= 4 is 32.7 Å². The molecular formula is C62H68N8O3. The highest BCUT2D eigenvalue weighted by Gasteiger charge is 2.46. The first kappa shape index (κ1) is 47.5. The Morgan fingerprint density at radius 1 is 0.603 bits per heavy atom. The van der Waals surface area contributed by atoms with Gasteiger partial charge in [-0.05, 0) is 136 Å². The van der Waals surface area contributed by atoms with Crippen LogP contribution in [0.1, 0.15) is 86.9 Å². The topological polar surface area (TPSA) is 111 Å². The summed E-state index contributed by atoms with van der Waals surface area (Å²) in [6, 6.07) is 33.7. The minimum absolute atomic E-state index is 0.0604. The van der Waals surface area contributed by atoms with Crippen molar-refractivity contribution in [1.29, 1.82) is 0 Å². The van der Waals surface area contributed by atoms with E-state index in [1.54, 1.807) is 0 Å². The Hall–Kier alpha value is -6.53. The fraction of sp³-hybridized carbons (Fsp3) is 0.403. The van der Waals surface area contributed by atoms with Crippen molar-refractivity contribution in [3.8, 4) is 17.8 Å². The molecule has 4 bridgehead atoms. The number of nitrogens with one attached hydrogen (secondary N) is 1. The number of aromatic nitrogens is 5. The van der Waals surface area contributed by atoms with Crippen molar-refractivity contribution < 1.29 is 14.2 Å². The number of piperidine rings is 7. The molecule has 14 rings (SSSR count). The molecule has 11 heteroatoms. The van der Waals surface area contributed by atoms with E-state index in [0.717, 1.165) is 127 Å². The lowest BCUT2D eigenvalue weighted by Crippen LogP contribution is -2.55. The van der Waals surface area contributed by atoms with Gasteiger partial charge in [0.25, 0.3) is 0 Å². The number of hydrogen-bond acceptors (Lipinski definition) is 11. The number of rotatable bonds is 17. The number of ether oxygens (including phenoxy) is 3. The van der Waals surface area contributed by atoms with Crippen LogP contribution in [0.15, 0.2) is 154 Å². The van der Waals surface area contributed by atoms with E-state index in [2.05, 4.69) is 133 Å². The normalized spacial score (nSPS) is 28.2. The second-order valence-corrected chi connectivity index (χ2v) is 21.3. The van der Waals surface area contributed by atoms with Crippen LogP contribution in [0.5, 0.6) is 17.8 Å². The molecule has 0 spiro atoms. The van der Waals surface area contributed by atoms with Crippen molar-refractivity contribution in [2.75, 3.05) is 32.7 Å². The maximum absolute atomic E-state index is 7.54. The van der Waals surface area contributed by atoms with Crippen LogP contribution >= 0.6 is 0 Å². The molecule has 11 nitrogen and oxygen atoms in total. The molecule has 1 N–H and O–H groups in total. The van der Waals surface area contributed by atoms with Crippen molar-refractivity contribution in [1.82, 2.24) is 40.0 Å². The van der Waals surface area contributed by atoms with Gasteiger partial charge in [-0.25, -0.2) is 0 Å². The molecule has 0 saturated carbocycles. The van der Waals surface area contributed by atoms with Gasteiger partial charge >= 0.3 is 6.01 Å². The molecule has 374 valence electrons. The number of nitrogens with zero attached hydrogens (tertiary/aromatic N) is 7. The molecule has 7 fully saturated rings. The monoisotopic (exact) mass is 973 g/mol. The Labute approximate surface area is 429 Å². The number of pyridine rings is 3. The summed E-state index contributed by atoms with van der Waals surface area (Å²) < 4.78 is 22.5. The lowest BCUT2D eigenvalue weighted by atomic mass is 9.73. The molecule has 0 aliphatic carbocycles. The number of benzene rings is 3. The molecule has 7 saturated heterocycles. The molecule has 7 aliphatic heterocycles. The lowest BCUT2D eigenvalue weighted by molar-refractivity contribution is -0.0397. The van der Waals surface area contributed by atoms with Crippen LogP contribution < -0.4 is 19.5 Å². The van der Waals surface area contributed by atoms with Crippen LogP contribution in [-0.4, -0.2) is 85.6 Å². The van der Waals surface area contributed by atoms with E-state index in [1.165, 1.54) is 0 Å². The highest BCUT2D eigenvalue weighted by molar-refractivity contribution is 5.84. The van der Waals surface area contributed by atoms with Crippen LogP contribution in [-0.2, 0) is 0 Å². The molecule has 4 aromatic heterocycles. The van der Waals surface area contributed by atoms with Crippen molar-refractivity contribution in [3.05, 3.63) is 170 Å². The standard InChI is InChI=1S/C62H68N8O3/c1-5-39(6-2)42-21-27-66-54(33-42)59(48-22-28-63-51-18-12-9-15-45(48)51)73-62-67-57(71-60(49-23-29-64-52-19-13-10-16-46(49)52)55-34-43-25-31-69(55)37-40(43)7-3)36-58(68-62)72-61(50-24-30-65-53-20-14-11-17-47(50)53)56-35-44-26-32-70(56)38-41(44)8-4/h5,7-20,22-24,28-30,36,39-44,54-56,59-61,66H,1,3-4,6,21,25-27,31-35,37-38H2,2H3/t39-,40-,41+,42?,43?,44?,54-,55-,56+,59?,60-,61-/m1/s1. The Kier molecular flexibility index (Phi) is 13.5. The number of hydrogen-bond donors (Lipinski definition) is 1. The summed E-state index contributed by atoms with van der Waals surface area (Å²) in [5.41, 5.74) is 5.96. The van der Waals surface area contributed by atoms with Gasteiger partial charge in [-0.2, -0.15) is 9.97 Å². The quantitative estimate of drug-likeness (QED) is 0.0881. The second kappa shape index (κ2) is 20.8. The summed E-state index contributed by atoms with van der Waals surface area (Å²) >= 11 is 0. The summed E-state index contributed by atoms with van der Waals surface area (Å²) in [7, 11) is 0. The van der Waals surface area contributed by atoms with Gasteiger partial charge in [-0.15, -0.1) is 19.7 Å². The molecule has 7 aromatic rings. The van der Waals surface area contributed by atoms with Gasteiger partial charge in [-0.1, -0.05) is 79.7 Å². The van der Waals surface area contributed by atoms with Gasteiger partial charge < -0.3 is 19.5 Å². The molecule has 0 radical (unpaired) electrons. The predicted molar refractivity (Wildman–Crippen MR) is 289 cm³/mol. The van der Waals surface area contributed by atoms with Crippen LogP contribution in [0.3, 0.4) is 0 Å². The Bertz CT molecular complexity index is 2970. The minimum atomic E-state index is -0.479. The molecule has 14 atom stereocenters. The summed E-state index contributed by atoms with van der Waals surface area (Å²) in [6.07, 6.45) is 18.2. The number of fused-ring (bicyclic) bond motifs is 9. The third kappa shape index (κ3) is 9.29. The smallest absolute Gasteiger partial charge is 0.323 e. The average molecular weight is 973 g/mol. The summed E-state index contributed by atoms with van der Waals surface area (Å²) in [4.78, 5) is 30.3. The molecule has 11 heterocycles. The summed E-state index contributed by atoms with van der Waals surface area (Å²) in [5, 5.41) is 7.07. The Morgan fingerprint density at radius 3 is 1.52 bits per heavy atom. The maximum atomic E-state index is 7.54. The summed E-state index contributed by atoms with van der Waals surface area (Å²) in [6.45, 7) is 19.8. The highest BCUT2D eigenvalue weighted by Crippen LogP contribution is 2.47. The highest BCUT2D eigenvalue weighted by atomic mass is 16.5. The first-order chi connectivity index (χ1) is 36.0. The molecular weight excluding hydrogens is 905 g/mol. The SMILES string of the molecule is C=C[C@H](CC)C1CCN[C@@H](C(Oc2nc(O[C@H](c3ccnc4ccccc34)[C@H]3CC4CCN3C[C@H]4C=C)cc(O[C@H](c3ccnc4ccccc34)[C@@H]3CC4CCN3C[C@@H]4C=C)n2)c2ccnc3ccccc23)C1. The van der Waals surface area contributed by atoms with E-state index in [4.69, 9.17) is 39.1 Å². The molecule has 0 amide bonds. The van der Waals surface area contributed by atoms with Gasteiger partial charge in [0.15, 0.2) is 0 Å². The van der Waals surface area contributed by atoms with Crippen LogP contribution in [0, 0.1) is 35.5 Å². The summed E-state index contributed by atoms with van der Waals surface area (Å²) in [5.74, 6) is 3.56. The predicted octanol–water partition coefficient (Wildman–Crippen LogP) is 11.9. The molecule has 73 heavy (non-hydrogen) atoms. The van der Waals surface area contributed by atoms with Gasteiger partial charge in [0.2, 0.25) is 11.8 Å². The van der Waals surface area contributed by atoms with Crippen LogP contribution in [0.25, 0.3) is 32.7 Å². The van der Waals surface area contributed by atoms with Crippen LogP contribution in [0.4, 0.5) is 0 Å². The first-order valence-electron chi connectivity index (χ1n) is 27.0. The van der Waals surface area contributed by atoms with E-state index in [1.807, 2.05) is 42.9 Å². The average Bonchev–Trinajstić information content (AvgIpc) is 3.45. The second-order valence-electron chi connectivity index (χ2n) is 21.3. The third-order valence-electron chi connectivity index (χ3n) is 17.6. The Morgan fingerprint density at radius 2 is 1.08 bits per heavy atom. The van der Waals surface area contributed by atoms with Gasteiger partial charge in [0.05, 0.1) is 34.7 Å². The maximum Gasteiger partial charge on any atom is 0.323 e. The number of allylic oxidation sites excluding steroid dienone is 1. The first-order valence-corrected chi connectivity index (χ1v) is 27.0. The van der Waals surface area contributed by atoms with Crippen LogP contribution in [0.2, 0.25) is 0 Å².